The van der Waals surface area contributed by atoms with Gasteiger partial charge in [-0.2, -0.15) is 0 Å². The summed E-state index contributed by atoms with van der Waals surface area (Å²) >= 11 is 0. The summed E-state index contributed by atoms with van der Waals surface area (Å²) in [4.78, 5) is 12.3. The molecular formula is C22H24N2O4S. The van der Waals surface area contributed by atoms with Crippen LogP contribution in [0.4, 0.5) is 0 Å². The molecule has 1 aliphatic heterocycles. The van der Waals surface area contributed by atoms with Crippen molar-refractivity contribution in [1.82, 2.24) is 9.29 Å². The van der Waals surface area contributed by atoms with Crippen LogP contribution in [0.2, 0.25) is 0 Å². The topological polar surface area (TPSA) is 77.4 Å². The van der Waals surface area contributed by atoms with Crippen molar-refractivity contribution in [2.24, 2.45) is 0 Å². The van der Waals surface area contributed by atoms with Gasteiger partial charge in [-0.05, 0) is 43.5 Å². The third-order valence-corrected chi connectivity index (χ3v) is 7.02. The maximum atomic E-state index is 13.2. The largest absolute Gasteiger partial charge is 0.381 e. The van der Waals surface area contributed by atoms with Gasteiger partial charge in [0.25, 0.3) is 10.0 Å². The van der Waals surface area contributed by atoms with Gasteiger partial charge >= 0.3 is 0 Å². The zero-order valence-electron chi connectivity index (χ0n) is 16.3. The van der Waals surface area contributed by atoms with E-state index >= 15 is 0 Å². The lowest BCUT2D eigenvalue weighted by Gasteiger charge is -2.23. The lowest BCUT2D eigenvalue weighted by Crippen LogP contribution is -2.34. The van der Waals surface area contributed by atoms with Gasteiger partial charge in [0.15, 0.2) is 5.78 Å². The number of Topliss-reactive ketones (excluding diaryl/α,β-unsaturated/α-hetero) is 1. The molecule has 0 unspecified atom stereocenters. The van der Waals surface area contributed by atoms with Gasteiger partial charge in [0, 0.05) is 42.9 Å². The smallest absolute Gasteiger partial charge is 0.268 e. The second-order valence-corrected chi connectivity index (χ2v) is 9.15. The number of hydrogen-bond donors (Lipinski definition) is 1. The molecule has 1 fully saturated rings. The number of carbonyl (C=O) groups excluding carboxylic acids is 1. The van der Waals surface area contributed by atoms with Crippen LogP contribution in [0.1, 0.15) is 35.7 Å². The fraction of sp³-hybridized carbons (Fsp3) is 0.318. The first-order chi connectivity index (χ1) is 14.0. The number of aromatic nitrogens is 1. The predicted molar refractivity (Wildman–Crippen MR) is 112 cm³/mol. The highest BCUT2D eigenvalue weighted by atomic mass is 32.2. The molecule has 0 spiro atoms. The molecule has 0 saturated carbocycles. The molecule has 1 aromatic heterocycles. The third kappa shape index (κ3) is 3.99. The van der Waals surface area contributed by atoms with E-state index in [2.05, 4.69) is 5.32 Å². The lowest BCUT2D eigenvalue weighted by molar-refractivity contribution is 0.0776. The minimum atomic E-state index is -3.80. The Morgan fingerprint density at radius 2 is 1.86 bits per heavy atom. The molecule has 2 aromatic carbocycles. The number of nitrogens with one attached hydrogen (secondary N) is 1. The van der Waals surface area contributed by atoms with Gasteiger partial charge in [-0.1, -0.05) is 30.3 Å². The molecule has 4 rings (SSSR count). The quantitative estimate of drug-likeness (QED) is 0.628. The molecule has 152 valence electrons. The summed E-state index contributed by atoms with van der Waals surface area (Å²) in [6.45, 7) is 3.61. The lowest BCUT2D eigenvalue weighted by atomic mass is 10.1. The summed E-state index contributed by atoms with van der Waals surface area (Å²) in [6, 6.07) is 14.3. The van der Waals surface area contributed by atoms with Gasteiger partial charge in [-0.15, -0.1) is 0 Å². The molecule has 2 heterocycles. The monoisotopic (exact) mass is 412 g/mol. The van der Waals surface area contributed by atoms with E-state index in [4.69, 9.17) is 4.74 Å². The fourth-order valence-corrected chi connectivity index (χ4v) is 5.09. The Bertz CT molecular complexity index is 1130. The van der Waals surface area contributed by atoms with E-state index in [9.17, 15) is 13.2 Å². The average molecular weight is 413 g/mol. The first-order valence-corrected chi connectivity index (χ1v) is 11.2. The predicted octanol–water partition coefficient (Wildman–Crippen LogP) is 3.35. The van der Waals surface area contributed by atoms with Crippen LogP contribution in [0.3, 0.4) is 0 Å². The van der Waals surface area contributed by atoms with Crippen molar-refractivity contribution < 1.29 is 17.9 Å². The number of benzene rings is 2. The number of fused-ring (bicyclic) bond motifs is 1. The molecular weight excluding hydrogens is 388 g/mol. The molecule has 1 aliphatic rings. The third-order valence-electron chi connectivity index (χ3n) is 5.33. The standard InChI is InChI=1S/C22H24N2O4S/c1-16(25)21-15-24(29(26,27)19-5-3-2-4-6-19)22-13-17(7-8-20(21)22)14-23-18-9-11-28-12-10-18/h2-8,13,15,18,23H,9-12,14H2,1H3. The van der Waals surface area contributed by atoms with Gasteiger partial charge in [-0.3, -0.25) is 4.79 Å². The minimum Gasteiger partial charge on any atom is -0.381 e. The van der Waals surface area contributed by atoms with Crippen molar-refractivity contribution >= 4 is 26.7 Å². The van der Waals surface area contributed by atoms with Crippen molar-refractivity contribution in [1.29, 1.82) is 0 Å². The molecule has 0 bridgehead atoms. The fourth-order valence-electron chi connectivity index (χ4n) is 3.70. The maximum Gasteiger partial charge on any atom is 0.268 e. The Balaban J connectivity index is 1.74. The molecule has 3 aromatic rings. The van der Waals surface area contributed by atoms with Crippen molar-refractivity contribution in [2.45, 2.75) is 37.2 Å². The Morgan fingerprint density at radius 1 is 1.14 bits per heavy atom. The van der Waals surface area contributed by atoms with E-state index in [1.807, 2.05) is 18.2 Å². The molecule has 29 heavy (non-hydrogen) atoms. The Morgan fingerprint density at radius 3 is 2.55 bits per heavy atom. The number of ketones is 1. The second kappa shape index (κ2) is 8.10. The van der Waals surface area contributed by atoms with Crippen LogP contribution in [0, 0.1) is 0 Å². The molecule has 1 N–H and O–H groups in total. The maximum absolute atomic E-state index is 13.2. The summed E-state index contributed by atoms with van der Waals surface area (Å²) in [6.07, 6.45) is 3.37. The van der Waals surface area contributed by atoms with Crippen LogP contribution < -0.4 is 5.32 Å². The zero-order valence-corrected chi connectivity index (χ0v) is 17.1. The summed E-state index contributed by atoms with van der Waals surface area (Å²) in [5, 5.41) is 4.16. The number of ether oxygens (including phenoxy) is 1. The molecule has 0 radical (unpaired) electrons. The van der Waals surface area contributed by atoms with Crippen LogP contribution in [-0.2, 0) is 21.3 Å². The van der Waals surface area contributed by atoms with Crippen molar-refractivity contribution in [3.05, 3.63) is 65.9 Å². The van der Waals surface area contributed by atoms with Crippen molar-refractivity contribution in [3.63, 3.8) is 0 Å². The van der Waals surface area contributed by atoms with E-state index in [-0.39, 0.29) is 10.7 Å². The Hall–Kier alpha value is -2.48. The first kappa shape index (κ1) is 19.8. The van der Waals surface area contributed by atoms with Crippen LogP contribution >= 0.6 is 0 Å². The average Bonchev–Trinajstić information content (AvgIpc) is 3.14. The molecule has 0 amide bonds. The van der Waals surface area contributed by atoms with Gasteiger partial charge < -0.3 is 10.1 Å². The minimum absolute atomic E-state index is 0.162. The van der Waals surface area contributed by atoms with Crippen LogP contribution in [0.5, 0.6) is 0 Å². The summed E-state index contributed by atoms with van der Waals surface area (Å²) in [5.41, 5.74) is 1.90. The normalized spacial score (nSPS) is 15.6. The van der Waals surface area contributed by atoms with Gasteiger partial charge in [0.1, 0.15) is 0 Å². The highest BCUT2D eigenvalue weighted by molar-refractivity contribution is 7.90. The van der Waals surface area contributed by atoms with Crippen LogP contribution in [0.15, 0.2) is 59.6 Å². The van der Waals surface area contributed by atoms with Crippen LogP contribution in [-0.4, -0.2) is 37.4 Å². The van der Waals surface area contributed by atoms with Crippen molar-refractivity contribution in [3.8, 4) is 0 Å². The summed E-state index contributed by atoms with van der Waals surface area (Å²) < 4.78 is 33.1. The molecule has 7 heteroatoms. The highest BCUT2D eigenvalue weighted by Gasteiger charge is 2.23. The summed E-state index contributed by atoms with van der Waals surface area (Å²) in [7, 11) is -3.80. The molecule has 1 saturated heterocycles. The van der Waals surface area contributed by atoms with Gasteiger partial charge in [0.2, 0.25) is 0 Å². The van der Waals surface area contributed by atoms with E-state index in [0.717, 1.165) is 31.6 Å². The van der Waals surface area contributed by atoms with E-state index in [1.165, 1.54) is 17.1 Å². The highest BCUT2D eigenvalue weighted by Crippen LogP contribution is 2.27. The number of hydrogen-bond acceptors (Lipinski definition) is 5. The number of rotatable bonds is 6. The SMILES string of the molecule is CC(=O)c1cn(S(=O)(=O)c2ccccc2)c2cc(CNC3CCOCC3)ccc12. The zero-order chi connectivity index (χ0) is 20.4. The molecule has 0 aliphatic carbocycles. The van der Waals surface area contributed by atoms with E-state index < -0.39 is 10.0 Å². The van der Waals surface area contributed by atoms with E-state index in [0.29, 0.717) is 29.1 Å². The van der Waals surface area contributed by atoms with Gasteiger partial charge in [0.05, 0.1) is 10.4 Å². The number of nitrogens with zero attached hydrogens (tertiary/aromatic N) is 1. The van der Waals surface area contributed by atoms with Crippen molar-refractivity contribution in [2.75, 3.05) is 13.2 Å². The summed E-state index contributed by atoms with van der Waals surface area (Å²) in [5.74, 6) is -0.162. The number of carbonyl (C=O) groups is 1. The van der Waals surface area contributed by atoms with Crippen LogP contribution in [0.25, 0.3) is 10.9 Å². The van der Waals surface area contributed by atoms with E-state index in [1.54, 1.807) is 30.3 Å². The van der Waals surface area contributed by atoms with Gasteiger partial charge in [-0.25, -0.2) is 12.4 Å². The molecule has 0 atom stereocenters. The first-order valence-electron chi connectivity index (χ1n) is 9.73. The molecule has 6 nitrogen and oxygen atoms in total. The Kier molecular flexibility index (Phi) is 5.54. The Labute approximate surface area is 170 Å². The second-order valence-electron chi connectivity index (χ2n) is 7.33.